The molecule has 2 fully saturated rings. The number of ketones is 1. The molecule has 0 radical (unpaired) electrons. The molecule has 3 nitrogen and oxygen atoms in total. The lowest BCUT2D eigenvalue weighted by molar-refractivity contribution is 0.0404. The van der Waals surface area contributed by atoms with Crippen LogP contribution in [0.3, 0.4) is 0 Å². The molecule has 0 bridgehead atoms. The maximum absolute atomic E-state index is 12.4. The van der Waals surface area contributed by atoms with E-state index in [0.717, 1.165) is 18.4 Å². The van der Waals surface area contributed by atoms with E-state index in [9.17, 15) is 4.79 Å². The van der Waals surface area contributed by atoms with Gasteiger partial charge in [0.25, 0.3) is 0 Å². The lowest BCUT2D eigenvalue weighted by Gasteiger charge is -2.26. The molecule has 102 valence electrons. The van der Waals surface area contributed by atoms with E-state index in [1.165, 1.54) is 24.8 Å². The summed E-state index contributed by atoms with van der Waals surface area (Å²) in [5.41, 5.74) is 7.70. The van der Waals surface area contributed by atoms with Crippen LogP contribution in [0.4, 0.5) is 0 Å². The van der Waals surface area contributed by atoms with Gasteiger partial charge in [0.05, 0.1) is 6.10 Å². The third kappa shape index (κ3) is 2.58. The SMILES string of the molecule is NCC1CCC(C(=O)c2cccc(C3CCC3)c2)O1. The summed E-state index contributed by atoms with van der Waals surface area (Å²) in [6.45, 7) is 0.506. The topological polar surface area (TPSA) is 52.3 Å². The molecule has 1 aromatic rings. The van der Waals surface area contributed by atoms with Crippen molar-refractivity contribution in [2.24, 2.45) is 5.73 Å². The zero-order valence-electron chi connectivity index (χ0n) is 11.2. The first-order chi connectivity index (χ1) is 9.28. The number of benzene rings is 1. The molecule has 1 aliphatic carbocycles. The molecular weight excluding hydrogens is 238 g/mol. The number of carbonyl (C=O) groups excluding carboxylic acids is 1. The van der Waals surface area contributed by atoms with Crippen molar-refractivity contribution in [3.8, 4) is 0 Å². The largest absolute Gasteiger partial charge is 0.366 e. The average Bonchev–Trinajstić information content (AvgIpc) is 2.85. The van der Waals surface area contributed by atoms with E-state index in [0.29, 0.717) is 12.5 Å². The van der Waals surface area contributed by atoms with Gasteiger partial charge < -0.3 is 10.5 Å². The Morgan fingerprint density at radius 2 is 2.11 bits per heavy atom. The van der Waals surface area contributed by atoms with Crippen LogP contribution in [0.1, 0.15) is 53.9 Å². The number of Topliss-reactive ketones (excluding diaryl/α,β-unsaturated/α-hetero) is 1. The zero-order valence-corrected chi connectivity index (χ0v) is 11.2. The average molecular weight is 259 g/mol. The summed E-state index contributed by atoms with van der Waals surface area (Å²) in [7, 11) is 0. The van der Waals surface area contributed by atoms with Crippen LogP contribution in [0.2, 0.25) is 0 Å². The number of carbonyl (C=O) groups is 1. The molecule has 1 aromatic carbocycles. The first kappa shape index (κ1) is 12.8. The molecule has 1 heterocycles. The van der Waals surface area contributed by atoms with Crippen molar-refractivity contribution in [2.45, 2.75) is 50.2 Å². The van der Waals surface area contributed by atoms with Crippen molar-refractivity contribution in [3.05, 3.63) is 35.4 Å². The zero-order chi connectivity index (χ0) is 13.2. The number of rotatable bonds is 4. The van der Waals surface area contributed by atoms with Crippen molar-refractivity contribution in [3.63, 3.8) is 0 Å². The van der Waals surface area contributed by atoms with E-state index < -0.39 is 0 Å². The Hall–Kier alpha value is -1.19. The van der Waals surface area contributed by atoms with Crippen LogP contribution in [-0.4, -0.2) is 24.5 Å². The third-order valence-corrected chi connectivity index (χ3v) is 4.41. The molecule has 2 N–H and O–H groups in total. The van der Waals surface area contributed by atoms with Crippen molar-refractivity contribution >= 4 is 5.78 Å². The summed E-state index contributed by atoms with van der Waals surface area (Å²) in [4.78, 5) is 12.4. The normalized spacial score (nSPS) is 27.2. The molecule has 0 amide bonds. The quantitative estimate of drug-likeness (QED) is 0.846. The van der Waals surface area contributed by atoms with Gasteiger partial charge in [-0.3, -0.25) is 4.79 Å². The maximum atomic E-state index is 12.4. The number of hydrogen-bond donors (Lipinski definition) is 1. The maximum Gasteiger partial charge on any atom is 0.191 e. The predicted octanol–water partition coefficient (Wildman–Crippen LogP) is 2.64. The number of hydrogen-bond acceptors (Lipinski definition) is 3. The second kappa shape index (κ2) is 5.43. The highest BCUT2D eigenvalue weighted by Crippen LogP contribution is 2.36. The van der Waals surface area contributed by atoms with Gasteiger partial charge in [-0.1, -0.05) is 24.6 Å². The molecule has 0 aromatic heterocycles. The van der Waals surface area contributed by atoms with Gasteiger partial charge in [0, 0.05) is 12.1 Å². The summed E-state index contributed by atoms with van der Waals surface area (Å²) >= 11 is 0. The fraction of sp³-hybridized carbons (Fsp3) is 0.562. The second-order valence-electron chi connectivity index (χ2n) is 5.68. The molecule has 1 aliphatic heterocycles. The highest BCUT2D eigenvalue weighted by Gasteiger charge is 2.31. The van der Waals surface area contributed by atoms with Gasteiger partial charge in [0.2, 0.25) is 0 Å². The van der Waals surface area contributed by atoms with Crippen LogP contribution >= 0.6 is 0 Å². The van der Waals surface area contributed by atoms with Crippen molar-refractivity contribution in [1.29, 1.82) is 0 Å². The summed E-state index contributed by atoms with van der Waals surface area (Å²) in [5, 5.41) is 0. The third-order valence-electron chi connectivity index (χ3n) is 4.41. The first-order valence-corrected chi connectivity index (χ1v) is 7.27. The van der Waals surface area contributed by atoms with E-state index >= 15 is 0 Å². The molecule has 1 saturated heterocycles. The van der Waals surface area contributed by atoms with E-state index in [1.807, 2.05) is 12.1 Å². The van der Waals surface area contributed by atoms with Crippen LogP contribution in [-0.2, 0) is 4.74 Å². The monoisotopic (exact) mass is 259 g/mol. The minimum atomic E-state index is -0.287. The Morgan fingerprint density at radius 1 is 1.26 bits per heavy atom. The van der Waals surface area contributed by atoms with Crippen molar-refractivity contribution in [2.75, 3.05) is 6.54 Å². The Balaban J connectivity index is 1.72. The minimum absolute atomic E-state index is 0.0590. The highest BCUT2D eigenvalue weighted by atomic mass is 16.5. The summed E-state index contributed by atoms with van der Waals surface area (Å²) < 4.78 is 5.69. The number of nitrogens with two attached hydrogens (primary N) is 1. The minimum Gasteiger partial charge on any atom is -0.366 e. The van der Waals surface area contributed by atoms with Crippen LogP contribution in [0, 0.1) is 0 Å². The lowest BCUT2D eigenvalue weighted by Crippen LogP contribution is -2.25. The Labute approximate surface area is 114 Å². The fourth-order valence-electron chi connectivity index (χ4n) is 2.95. The van der Waals surface area contributed by atoms with Gasteiger partial charge in [-0.05, 0) is 43.2 Å². The highest BCUT2D eigenvalue weighted by molar-refractivity contribution is 5.99. The molecule has 1 saturated carbocycles. The molecule has 0 spiro atoms. The molecule has 2 atom stereocenters. The van der Waals surface area contributed by atoms with Crippen LogP contribution < -0.4 is 5.73 Å². The molecule has 2 aliphatic rings. The van der Waals surface area contributed by atoms with E-state index in [1.54, 1.807) is 0 Å². The first-order valence-electron chi connectivity index (χ1n) is 7.27. The Kier molecular flexibility index (Phi) is 3.67. The van der Waals surface area contributed by atoms with Gasteiger partial charge in [-0.2, -0.15) is 0 Å². The molecule has 3 heteroatoms. The van der Waals surface area contributed by atoms with Crippen LogP contribution in [0.15, 0.2) is 24.3 Å². The van der Waals surface area contributed by atoms with Crippen LogP contribution in [0.25, 0.3) is 0 Å². The van der Waals surface area contributed by atoms with E-state index in [2.05, 4.69) is 12.1 Å². The standard InChI is InChI=1S/C16H21NO2/c17-10-14-7-8-15(19-14)16(18)13-6-2-5-12(9-13)11-3-1-4-11/h2,5-6,9,11,14-15H,1,3-4,7-8,10,17H2. The summed E-state index contributed by atoms with van der Waals surface area (Å²) in [6, 6.07) is 8.10. The smallest absolute Gasteiger partial charge is 0.191 e. The Morgan fingerprint density at radius 3 is 2.74 bits per heavy atom. The van der Waals surface area contributed by atoms with Crippen molar-refractivity contribution in [1.82, 2.24) is 0 Å². The number of ether oxygens (including phenoxy) is 1. The van der Waals surface area contributed by atoms with Gasteiger partial charge in [-0.25, -0.2) is 0 Å². The van der Waals surface area contributed by atoms with E-state index in [-0.39, 0.29) is 18.0 Å². The van der Waals surface area contributed by atoms with Gasteiger partial charge >= 0.3 is 0 Å². The molecular formula is C16H21NO2. The summed E-state index contributed by atoms with van der Waals surface area (Å²) in [6.07, 6.45) is 5.30. The van der Waals surface area contributed by atoms with E-state index in [4.69, 9.17) is 10.5 Å². The Bertz CT molecular complexity index is 468. The van der Waals surface area contributed by atoms with Gasteiger partial charge in [0.15, 0.2) is 5.78 Å². The molecule has 3 rings (SSSR count). The fourth-order valence-corrected chi connectivity index (χ4v) is 2.95. The summed E-state index contributed by atoms with van der Waals surface area (Å²) in [5.74, 6) is 0.783. The second-order valence-corrected chi connectivity index (χ2v) is 5.68. The molecule has 19 heavy (non-hydrogen) atoms. The molecule has 2 unspecified atom stereocenters. The van der Waals surface area contributed by atoms with Gasteiger partial charge in [-0.15, -0.1) is 0 Å². The van der Waals surface area contributed by atoms with Crippen LogP contribution in [0.5, 0.6) is 0 Å². The lowest BCUT2D eigenvalue weighted by atomic mass is 9.79. The van der Waals surface area contributed by atoms with Crippen molar-refractivity contribution < 1.29 is 9.53 Å². The predicted molar refractivity (Wildman–Crippen MR) is 74.3 cm³/mol. The van der Waals surface area contributed by atoms with Gasteiger partial charge in [0.1, 0.15) is 6.10 Å².